The standard InChI is InChI=1S/C12H15N3S2/c1-12(2,3)9-8(10(13)14)17-11(15-9)7-5-4-6-16-7/h4-6H,1-3H3,(H3,13,14). The number of amidine groups is 1. The van der Waals surface area contributed by atoms with Crippen LogP contribution in [0.15, 0.2) is 17.5 Å². The van der Waals surface area contributed by atoms with Crippen LogP contribution >= 0.6 is 22.7 Å². The Kier molecular flexibility index (Phi) is 3.05. The molecule has 0 saturated heterocycles. The normalized spacial score (nSPS) is 11.7. The molecule has 0 saturated carbocycles. The highest BCUT2D eigenvalue weighted by atomic mass is 32.1. The number of hydrogen-bond acceptors (Lipinski definition) is 4. The van der Waals surface area contributed by atoms with Crippen LogP contribution in [0.1, 0.15) is 31.3 Å². The highest BCUT2D eigenvalue weighted by Gasteiger charge is 2.25. The molecule has 0 radical (unpaired) electrons. The van der Waals surface area contributed by atoms with Crippen LogP contribution in [0.3, 0.4) is 0 Å². The summed E-state index contributed by atoms with van der Waals surface area (Å²) < 4.78 is 0. The Morgan fingerprint density at radius 2 is 2.12 bits per heavy atom. The minimum absolute atomic E-state index is 0.0903. The third-order valence-electron chi connectivity index (χ3n) is 2.31. The van der Waals surface area contributed by atoms with Crippen molar-refractivity contribution in [3.05, 3.63) is 28.1 Å². The van der Waals surface area contributed by atoms with Gasteiger partial charge in [0.05, 0.1) is 15.4 Å². The van der Waals surface area contributed by atoms with Gasteiger partial charge in [0.25, 0.3) is 0 Å². The summed E-state index contributed by atoms with van der Waals surface area (Å²) in [6.45, 7) is 6.27. The van der Waals surface area contributed by atoms with E-state index in [1.165, 1.54) is 11.3 Å². The number of nitrogens with one attached hydrogen (secondary N) is 1. The zero-order valence-electron chi connectivity index (χ0n) is 10.1. The SMILES string of the molecule is CC(C)(C)c1nc(-c2cccs2)sc1C(=N)N. The molecule has 0 unspecified atom stereocenters. The third-order valence-corrected chi connectivity index (χ3v) is 4.44. The van der Waals surface area contributed by atoms with Gasteiger partial charge in [-0.05, 0) is 11.4 Å². The molecule has 2 rings (SSSR count). The first-order valence-electron chi connectivity index (χ1n) is 5.29. The summed E-state index contributed by atoms with van der Waals surface area (Å²) >= 11 is 3.16. The Labute approximate surface area is 109 Å². The van der Waals surface area contributed by atoms with Crippen molar-refractivity contribution in [3.63, 3.8) is 0 Å². The van der Waals surface area contributed by atoms with E-state index in [9.17, 15) is 0 Å². The first kappa shape index (κ1) is 12.3. The molecule has 0 aliphatic rings. The second kappa shape index (κ2) is 4.23. The number of rotatable bonds is 2. The fraction of sp³-hybridized carbons (Fsp3) is 0.333. The van der Waals surface area contributed by atoms with Crippen molar-refractivity contribution in [1.82, 2.24) is 4.98 Å². The number of nitrogen functional groups attached to an aromatic ring is 1. The lowest BCUT2D eigenvalue weighted by Crippen LogP contribution is -2.19. The molecule has 5 heteroatoms. The maximum atomic E-state index is 7.65. The van der Waals surface area contributed by atoms with Gasteiger partial charge in [0.2, 0.25) is 0 Å². The predicted molar refractivity (Wildman–Crippen MR) is 75.1 cm³/mol. The summed E-state index contributed by atoms with van der Waals surface area (Å²) in [5, 5.41) is 10.6. The zero-order valence-corrected chi connectivity index (χ0v) is 11.7. The van der Waals surface area contributed by atoms with Gasteiger partial charge in [0, 0.05) is 5.41 Å². The molecule has 0 aliphatic carbocycles. The van der Waals surface area contributed by atoms with Gasteiger partial charge in [0.15, 0.2) is 0 Å². The number of hydrogen-bond donors (Lipinski definition) is 2. The van der Waals surface area contributed by atoms with E-state index in [1.54, 1.807) is 11.3 Å². The van der Waals surface area contributed by atoms with Crippen LogP contribution in [0.5, 0.6) is 0 Å². The van der Waals surface area contributed by atoms with Crippen molar-refractivity contribution in [1.29, 1.82) is 5.41 Å². The van der Waals surface area contributed by atoms with Gasteiger partial charge in [0.1, 0.15) is 10.8 Å². The van der Waals surface area contributed by atoms with Crippen molar-refractivity contribution < 1.29 is 0 Å². The largest absolute Gasteiger partial charge is 0.383 e. The molecule has 3 N–H and O–H groups in total. The molecule has 0 spiro atoms. The van der Waals surface area contributed by atoms with Gasteiger partial charge in [-0.15, -0.1) is 22.7 Å². The lowest BCUT2D eigenvalue weighted by Gasteiger charge is -2.16. The second-order valence-electron chi connectivity index (χ2n) is 4.84. The summed E-state index contributed by atoms with van der Waals surface area (Å²) in [5.74, 6) is 0.107. The predicted octanol–water partition coefficient (Wildman–Crippen LogP) is 3.45. The van der Waals surface area contributed by atoms with Crippen molar-refractivity contribution in [2.45, 2.75) is 26.2 Å². The second-order valence-corrected chi connectivity index (χ2v) is 6.78. The molecule has 90 valence electrons. The Balaban J connectivity index is 2.56. The number of nitrogens with zero attached hydrogens (tertiary/aromatic N) is 1. The topological polar surface area (TPSA) is 62.8 Å². The summed E-state index contributed by atoms with van der Waals surface area (Å²) in [4.78, 5) is 6.58. The molecule has 0 bridgehead atoms. The first-order valence-corrected chi connectivity index (χ1v) is 6.99. The number of nitrogens with two attached hydrogens (primary N) is 1. The third kappa shape index (κ3) is 2.40. The Morgan fingerprint density at radius 3 is 2.53 bits per heavy atom. The van der Waals surface area contributed by atoms with Crippen LogP contribution in [0, 0.1) is 5.41 Å². The molecular formula is C12H15N3S2. The molecule has 0 aromatic carbocycles. The van der Waals surface area contributed by atoms with Crippen molar-refractivity contribution in [3.8, 4) is 9.88 Å². The van der Waals surface area contributed by atoms with Gasteiger partial charge in [-0.2, -0.15) is 0 Å². The van der Waals surface area contributed by atoms with Crippen molar-refractivity contribution in [2.24, 2.45) is 5.73 Å². The van der Waals surface area contributed by atoms with Crippen molar-refractivity contribution >= 4 is 28.5 Å². The van der Waals surface area contributed by atoms with E-state index in [4.69, 9.17) is 11.1 Å². The maximum absolute atomic E-state index is 7.65. The summed E-state index contributed by atoms with van der Waals surface area (Å²) in [6, 6.07) is 4.05. The molecule has 2 aromatic heterocycles. The lowest BCUT2D eigenvalue weighted by atomic mass is 9.91. The molecule has 2 heterocycles. The molecule has 0 aliphatic heterocycles. The van der Waals surface area contributed by atoms with Crippen LogP contribution < -0.4 is 5.73 Å². The summed E-state index contributed by atoms with van der Waals surface area (Å²) in [7, 11) is 0. The smallest absolute Gasteiger partial charge is 0.135 e. The molecule has 17 heavy (non-hydrogen) atoms. The van der Waals surface area contributed by atoms with E-state index < -0.39 is 0 Å². The summed E-state index contributed by atoms with van der Waals surface area (Å²) in [6.07, 6.45) is 0. The fourth-order valence-electron chi connectivity index (χ4n) is 1.52. The van der Waals surface area contributed by atoms with Crippen LogP contribution in [0.2, 0.25) is 0 Å². The maximum Gasteiger partial charge on any atom is 0.135 e. The molecule has 0 atom stereocenters. The van der Waals surface area contributed by atoms with Crippen LogP contribution in [0.4, 0.5) is 0 Å². The van der Waals surface area contributed by atoms with Gasteiger partial charge < -0.3 is 5.73 Å². The molecule has 0 fully saturated rings. The lowest BCUT2D eigenvalue weighted by molar-refractivity contribution is 0.572. The van der Waals surface area contributed by atoms with Gasteiger partial charge in [-0.25, -0.2) is 4.98 Å². The highest BCUT2D eigenvalue weighted by Crippen LogP contribution is 2.35. The Bertz CT molecular complexity index is 533. The number of thiophene rings is 1. The quantitative estimate of drug-likeness (QED) is 0.645. The van der Waals surface area contributed by atoms with Crippen molar-refractivity contribution in [2.75, 3.05) is 0 Å². The van der Waals surface area contributed by atoms with Crippen LogP contribution in [-0.4, -0.2) is 10.8 Å². The molecule has 0 amide bonds. The van der Waals surface area contributed by atoms with Gasteiger partial charge in [-0.1, -0.05) is 26.8 Å². The van der Waals surface area contributed by atoms with E-state index in [1.807, 2.05) is 17.5 Å². The summed E-state index contributed by atoms with van der Waals surface area (Å²) in [5.41, 5.74) is 6.46. The minimum Gasteiger partial charge on any atom is -0.383 e. The molecule has 3 nitrogen and oxygen atoms in total. The molecular weight excluding hydrogens is 250 g/mol. The average molecular weight is 265 g/mol. The van der Waals surface area contributed by atoms with Crippen LogP contribution in [-0.2, 0) is 5.41 Å². The first-order chi connectivity index (χ1) is 7.89. The number of thiazole rings is 1. The van der Waals surface area contributed by atoms with E-state index in [2.05, 4.69) is 25.8 Å². The van der Waals surface area contributed by atoms with E-state index >= 15 is 0 Å². The van der Waals surface area contributed by atoms with Gasteiger partial charge >= 0.3 is 0 Å². The van der Waals surface area contributed by atoms with E-state index in [0.29, 0.717) is 0 Å². The minimum atomic E-state index is -0.0903. The number of aromatic nitrogens is 1. The van der Waals surface area contributed by atoms with E-state index in [0.717, 1.165) is 20.5 Å². The van der Waals surface area contributed by atoms with Crippen LogP contribution in [0.25, 0.3) is 9.88 Å². The van der Waals surface area contributed by atoms with Gasteiger partial charge in [-0.3, -0.25) is 5.41 Å². The highest BCUT2D eigenvalue weighted by molar-refractivity contribution is 7.22. The Morgan fingerprint density at radius 1 is 1.41 bits per heavy atom. The molecule has 2 aromatic rings. The zero-order chi connectivity index (χ0) is 12.6. The monoisotopic (exact) mass is 265 g/mol. The average Bonchev–Trinajstić information content (AvgIpc) is 2.85. The van der Waals surface area contributed by atoms with E-state index in [-0.39, 0.29) is 11.3 Å². The Hall–Kier alpha value is -1.20. The fourth-order valence-corrected chi connectivity index (χ4v) is 3.45.